The normalized spacial score (nSPS) is 52.0. The fourth-order valence-corrected chi connectivity index (χ4v) is 4.08. The summed E-state index contributed by atoms with van der Waals surface area (Å²) in [6, 6.07) is 0. The molecule has 0 aromatic heterocycles. The Bertz CT molecular complexity index is 291. The first-order valence-corrected chi connectivity index (χ1v) is 5.87. The van der Waals surface area contributed by atoms with Crippen LogP contribution in [0.15, 0.2) is 12.2 Å². The van der Waals surface area contributed by atoms with Gasteiger partial charge in [0.15, 0.2) is 0 Å². The molecular formula is C12H16O2. The lowest BCUT2D eigenvalue weighted by molar-refractivity contribution is -0.0503. The van der Waals surface area contributed by atoms with E-state index >= 15 is 0 Å². The van der Waals surface area contributed by atoms with Gasteiger partial charge >= 0.3 is 0 Å². The van der Waals surface area contributed by atoms with Gasteiger partial charge in [-0.1, -0.05) is 25.0 Å². The van der Waals surface area contributed by atoms with Gasteiger partial charge in [-0.2, -0.15) is 0 Å². The van der Waals surface area contributed by atoms with E-state index < -0.39 is 0 Å². The first-order chi connectivity index (χ1) is 6.89. The van der Waals surface area contributed by atoms with Crippen molar-refractivity contribution < 1.29 is 9.47 Å². The molecule has 4 aliphatic rings. The molecule has 0 radical (unpaired) electrons. The minimum Gasteiger partial charge on any atom is -0.374 e. The second-order valence-corrected chi connectivity index (χ2v) is 5.22. The molecule has 4 unspecified atom stereocenters. The second-order valence-electron chi connectivity index (χ2n) is 5.22. The quantitative estimate of drug-likeness (QED) is 0.546. The zero-order valence-corrected chi connectivity index (χ0v) is 8.32. The van der Waals surface area contributed by atoms with Crippen LogP contribution in [0.1, 0.15) is 25.7 Å². The van der Waals surface area contributed by atoms with Gasteiger partial charge < -0.3 is 9.47 Å². The lowest BCUT2D eigenvalue weighted by Crippen LogP contribution is -2.38. The van der Waals surface area contributed by atoms with Crippen molar-refractivity contribution >= 4 is 0 Å². The molecule has 0 amide bonds. The Kier molecular flexibility index (Phi) is 1.36. The van der Waals surface area contributed by atoms with Gasteiger partial charge in [-0.25, -0.2) is 0 Å². The highest BCUT2D eigenvalue weighted by Crippen LogP contribution is 2.56. The summed E-state index contributed by atoms with van der Waals surface area (Å²) in [5.74, 6) is 1.35. The zero-order chi connectivity index (χ0) is 9.17. The minimum absolute atomic E-state index is 0.217. The molecule has 2 heteroatoms. The minimum atomic E-state index is 0.217. The van der Waals surface area contributed by atoms with Crippen molar-refractivity contribution in [1.82, 2.24) is 0 Å². The Morgan fingerprint density at radius 2 is 1.86 bits per heavy atom. The van der Waals surface area contributed by atoms with Crippen molar-refractivity contribution in [2.75, 3.05) is 6.61 Å². The van der Waals surface area contributed by atoms with Crippen LogP contribution < -0.4 is 0 Å². The molecule has 14 heavy (non-hydrogen) atoms. The van der Waals surface area contributed by atoms with Gasteiger partial charge in [0.1, 0.15) is 0 Å². The Morgan fingerprint density at radius 3 is 2.71 bits per heavy atom. The summed E-state index contributed by atoms with van der Waals surface area (Å²) in [6.45, 7) is 0.941. The van der Waals surface area contributed by atoms with Crippen molar-refractivity contribution in [3.8, 4) is 0 Å². The third-order valence-electron chi connectivity index (χ3n) is 4.66. The van der Waals surface area contributed by atoms with E-state index in [1.54, 1.807) is 0 Å². The predicted octanol–water partition coefficient (Wildman–Crippen LogP) is 1.90. The maximum absolute atomic E-state index is 6.13. The molecule has 2 nitrogen and oxygen atoms in total. The summed E-state index contributed by atoms with van der Waals surface area (Å²) in [7, 11) is 0. The van der Waals surface area contributed by atoms with Gasteiger partial charge in [0.05, 0.1) is 24.4 Å². The number of hydrogen-bond acceptors (Lipinski definition) is 2. The van der Waals surface area contributed by atoms with Crippen molar-refractivity contribution in [3.05, 3.63) is 12.2 Å². The predicted molar refractivity (Wildman–Crippen MR) is 51.9 cm³/mol. The van der Waals surface area contributed by atoms with Crippen LogP contribution in [0.5, 0.6) is 0 Å². The molecule has 3 heterocycles. The average molecular weight is 192 g/mol. The maximum atomic E-state index is 6.13. The molecule has 4 rings (SSSR count). The second kappa shape index (κ2) is 2.42. The smallest absolute Gasteiger partial charge is 0.0825 e. The Labute approximate surface area is 84.3 Å². The molecule has 3 fully saturated rings. The monoisotopic (exact) mass is 192 g/mol. The highest BCUT2D eigenvalue weighted by Gasteiger charge is 2.61. The van der Waals surface area contributed by atoms with Crippen LogP contribution in [-0.4, -0.2) is 24.4 Å². The van der Waals surface area contributed by atoms with Gasteiger partial charge in [-0.3, -0.25) is 0 Å². The van der Waals surface area contributed by atoms with Gasteiger partial charge in [0.2, 0.25) is 0 Å². The van der Waals surface area contributed by atoms with E-state index in [9.17, 15) is 0 Å². The molecule has 4 atom stereocenters. The standard InChI is InChI=1S/C12H16O2/c1-2-6-12(5-1)11-8(7-13-12)9-3-4-10(11)14-9/h3-4,8-11H,1-2,5-7H2. The third-order valence-corrected chi connectivity index (χ3v) is 4.66. The number of ether oxygens (including phenoxy) is 2. The Hall–Kier alpha value is -0.340. The highest BCUT2D eigenvalue weighted by atomic mass is 16.5. The fourth-order valence-electron chi connectivity index (χ4n) is 4.08. The summed E-state index contributed by atoms with van der Waals surface area (Å²) in [5, 5.41) is 0. The van der Waals surface area contributed by atoms with E-state index in [0.717, 1.165) is 6.61 Å². The topological polar surface area (TPSA) is 18.5 Å². The molecule has 0 N–H and O–H groups in total. The maximum Gasteiger partial charge on any atom is 0.0825 e. The fraction of sp³-hybridized carbons (Fsp3) is 0.833. The Balaban J connectivity index is 1.74. The SMILES string of the molecule is C1=CC2OC1C1COC3(CCCC3)C21. The van der Waals surface area contributed by atoms with Crippen LogP contribution in [0.2, 0.25) is 0 Å². The largest absolute Gasteiger partial charge is 0.374 e. The molecule has 0 aromatic rings. The van der Waals surface area contributed by atoms with E-state index in [1.165, 1.54) is 25.7 Å². The van der Waals surface area contributed by atoms with E-state index in [0.29, 0.717) is 24.0 Å². The van der Waals surface area contributed by atoms with Crippen molar-refractivity contribution in [2.24, 2.45) is 11.8 Å². The molecule has 1 saturated carbocycles. The molecular weight excluding hydrogens is 176 g/mol. The van der Waals surface area contributed by atoms with E-state index in [2.05, 4.69) is 12.2 Å². The first kappa shape index (κ1) is 7.89. The number of fused-ring (bicyclic) bond motifs is 6. The summed E-state index contributed by atoms with van der Waals surface area (Å²) in [5.41, 5.74) is 0.217. The first-order valence-electron chi connectivity index (χ1n) is 5.87. The molecule has 3 aliphatic heterocycles. The van der Waals surface area contributed by atoms with Crippen molar-refractivity contribution in [1.29, 1.82) is 0 Å². The summed E-state index contributed by atoms with van der Waals surface area (Å²) in [6.07, 6.45) is 10.5. The molecule has 0 aromatic carbocycles. The third kappa shape index (κ3) is 0.763. The van der Waals surface area contributed by atoms with Crippen molar-refractivity contribution in [2.45, 2.75) is 43.5 Å². The van der Waals surface area contributed by atoms with Gasteiger partial charge in [-0.05, 0) is 12.8 Å². The number of rotatable bonds is 0. The lowest BCUT2D eigenvalue weighted by atomic mass is 9.74. The molecule has 76 valence electrons. The van der Waals surface area contributed by atoms with Crippen LogP contribution in [0, 0.1) is 11.8 Å². The summed E-state index contributed by atoms with van der Waals surface area (Å²) >= 11 is 0. The van der Waals surface area contributed by atoms with Crippen LogP contribution in [0.25, 0.3) is 0 Å². The van der Waals surface area contributed by atoms with Crippen LogP contribution >= 0.6 is 0 Å². The molecule has 1 aliphatic carbocycles. The lowest BCUT2D eigenvalue weighted by Gasteiger charge is -2.31. The van der Waals surface area contributed by atoms with Crippen LogP contribution in [0.4, 0.5) is 0 Å². The van der Waals surface area contributed by atoms with Gasteiger partial charge in [-0.15, -0.1) is 0 Å². The van der Waals surface area contributed by atoms with Crippen LogP contribution in [0.3, 0.4) is 0 Å². The zero-order valence-electron chi connectivity index (χ0n) is 8.32. The van der Waals surface area contributed by atoms with Gasteiger partial charge in [0, 0.05) is 11.8 Å². The molecule has 1 spiro atoms. The van der Waals surface area contributed by atoms with Gasteiger partial charge in [0.25, 0.3) is 0 Å². The number of hydrogen-bond donors (Lipinski definition) is 0. The Morgan fingerprint density at radius 1 is 1.07 bits per heavy atom. The van der Waals surface area contributed by atoms with Crippen LogP contribution in [-0.2, 0) is 9.47 Å². The molecule has 2 saturated heterocycles. The van der Waals surface area contributed by atoms with E-state index in [4.69, 9.17) is 9.47 Å². The highest BCUT2D eigenvalue weighted by molar-refractivity contribution is 5.21. The van der Waals surface area contributed by atoms with E-state index in [1.807, 2.05) is 0 Å². The average Bonchev–Trinajstić information content (AvgIpc) is 2.93. The van der Waals surface area contributed by atoms with E-state index in [-0.39, 0.29) is 5.60 Å². The van der Waals surface area contributed by atoms with Crippen molar-refractivity contribution in [3.63, 3.8) is 0 Å². The summed E-state index contributed by atoms with van der Waals surface area (Å²) in [4.78, 5) is 0. The molecule has 2 bridgehead atoms. The summed E-state index contributed by atoms with van der Waals surface area (Å²) < 4.78 is 12.1.